The molecule has 1 spiro atoms. The van der Waals surface area contributed by atoms with Gasteiger partial charge < -0.3 is 10.2 Å². The van der Waals surface area contributed by atoms with E-state index in [4.69, 9.17) is 23.2 Å². The summed E-state index contributed by atoms with van der Waals surface area (Å²) in [6, 6.07) is 4.14. The van der Waals surface area contributed by atoms with Crippen molar-refractivity contribution in [2.45, 2.75) is 70.6 Å². The van der Waals surface area contributed by atoms with Gasteiger partial charge in [0.15, 0.2) is 0 Å². The van der Waals surface area contributed by atoms with Crippen molar-refractivity contribution in [1.82, 2.24) is 0 Å². The predicted molar refractivity (Wildman–Crippen MR) is 112 cm³/mol. The highest BCUT2D eigenvalue weighted by molar-refractivity contribution is 6.34. The van der Waals surface area contributed by atoms with Gasteiger partial charge >= 0.3 is 0 Å². The lowest BCUT2D eigenvalue weighted by atomic mass is 9.72. The number of aromatic hydroxyl groups is 2. The lowest BCUT2D eigenvalue weighted by Gasteiger charge is -2.31. The Morgan fingerprint density at radius 3 is 1.41 bits per heavy atom. The maximum Gasteiger partial charge on any atom is 0.137 e. The summed E-state index contributed by atoms with van der Waals surface area (Å²) in [6.07, 6.45) is 1.69. The molecule has 0 aliphatic heterocycles. The fourth-order valence-corrected chi connectivity index (χ4v) is 6.64. The highest BCUT2D eigenvalue weighted by Crippen LogP contribution is 2.67. The second-order valence-corrected chi connectivity index (χ2v) is 10.5. The van der Waals surface area contributed by atoms with Gasteiger partial charge in [-0.1, -0.05) is 63.0 Å². The summed E-state index contributed by atoms with van der Waals surface area (Å²) in [6.45, 7) is 12.7. The molecule has 2 aliphatic carbocycles. The van der Waals surface area contributed by atoms with Gasteiger partial charge in [0.2, 0.25) is 0 Å². The summed E-state index contributed by atoms with van der Waals surface area (Å²) < 4.78 is 0. The third kappa shape index (κ3) is 2.26. The van der Waals surface area contributed by atoms with E-state index in [0.29, 0.717) is 10.0 Å². The molecule has 2 N–H and O–H groups in total. The molecule has 27 heavy (non-hydrogen) atoms. The van der Waals surface area contributed by atoms with Gasteiger partial charge in [-0.3, -0.25) is 0 Å². The monoisotopic (exact) mass is 404 g/mol. The molecule has 0 heterocycles. The Labute approximate surface area is 171 Å². The Morgan fingerprint density at radius 2 is 1.07 bits per heavy atom. The fraction of sp³-hybridized carbons (Fsp3) is 0.478. The zero-order valence-electron chi connectivity index (χ0n) is 16.7. The van der Waals surface area contributed by atoms with E-state index >= 15 is 0 Å². The van der Waals surface area contributed by atoms with Gasteiger partial charge in [0, 0.05) is 5.41 Å². The minimum absolute atomic E-state index is 0.112. The lowest BCUT2D eigenvalue weighted by molar-refractivity contribution is 0.349. The zero-order valence-corrected chi connectivity index (χ0v) is 18.2. The van der Waals surface area contributed by atoms with Crippen LogP contribution in [-0.2, 0) is 16.2 Å². The topological polar surface area (TPSA) is 40.5 Å². The zero-order chi connectivity index (χ0) is 20.1. The van der Waals surface area contributed by atoms with Gasteiger partial charge in [-0.15, -0.1) is 0 Å². The first-order valence-corrected chi connectivity index (χ1v) is 10.2. The molecule has 0 atom stereocenters. The molecule has 4 rings (SSSR count). The maximum absolute atomic E-state index is 10.6. The van der Waals surface area contributed by atoms with Crippen LogP contribution in [0.25, 0.3) is 0 Å². The third-order valence-electron chi connectivity index (χ3n) is 6.76. The largest absolute Gasteiger partial charge is 0.506 e. The van der Waals surface area contributed by atoms with Crippen LogP contribution in [0.1, 0.15) is 73.9 Å². The maximum atomic E-state index is 10.6. The van der Waals surface area contributed by atoms with E-state index < -0.39 is 5.41 Å². The van der Waals surface area contributed by atoms with Crippen molar-refractivity contribution in [3.8, 4) is 11.5 Å². The van der Waals surface area contributed by atoms with Crippen molar-refractivity contribution < 1.29 is 10.2 Å². The Balaban J connectivity index is 2.16. The molecule has 2 nitrogen and oxygen atoms in total. The molecule has 0 aromatic heterocycles. The standard InChI is InChI=1S/C23H26Cl2O2/c1-11-7-13-15(17(24)19(11)26)23(9-21(13,3)4)10-22(5,6)14-8-12(2)20(27)18(25)16(14)23/h7-8,26-27H,9-10H2,1-6H3. The number of benzene rings is 2. The van der Waals surface area contributed by atoms with Crippen LogP contribution in [-0.4, -0.2) is 10.2 Å². The van der Waals surface area contributed by atoms with Crippen molar-refractivity contribution in [2.24, 2.45) is 0 Å². The normalized spacial score (nSPS) is 20.7. The Hall–Kier alpha value is -1.38. The number of phenolic OH excluding ortho intramolecular Hbond substituents is 2. The predicted octanol–water partition coefficient (Wildman–Crippen LogP) is 6.67. The van der Waals surface area contributed by atoms with Crippen molar-refractivity contribution in [2.75, 3.05) is 0 Å². The van der Waals surface area contributed by atoms with Crippen LogP contribution >= 0.6 is 23.2 Å². The summed E-state index contributed by atoms with van der Waals surface area (Å²) in [5, 5.41) is 22.1. The quantitative estimate of drug-likeness (QED) is 0.514. The minimum atomic E-state index is -0.414. The molecular formula is C23H26Cl2O2. The molecule has 2 aliphatic rings. The summed E-state index contributed by atoms with van der Waals surface area (Å²) in [7, 11) is 0. The Kier molecular flexibility index (Phi) is 3.76. The average Bonchev–Trinajstić information content (AvgIpc) is 2.89. The van der Waals surface area contributed by atoms with Gasteiger partial charge in [-0.05, 0) is 70.9 Å². The van der Waals surface area contributed by atoms with Crippen LogP contribution in [0.3, 0.4) is 0 Å². The van der Waals surface area contributed by atoms with Crippen LogP contribution in [0.5, 0.6) is 11.5 Å². The fourth-order valence-electron chi connectivity index (χ4n) is 5.78. The van der Waals surface area contributed by atoms with E-state index in [-0.39, 0.29) is 22.3 Å². The number of fused-ring (bicyclic) bond motifs is 4. The van der Waals surface area contributed by atoms with Crippen LogP contribution in [0.2, 0.25) is 10.0 Å². The summed E-state index contributed by atoms with van der Waals surface area (Å²) in [4.78, 5) is 0. The molecule has 0 radical (unpaired) electrons. The first-order valence-electron chi connectivity index (χ1n) is 9.39. The molecule has 0 saturated heterocycles. The molecule has 4 heteroatoms. The second kappa shape index (κ2) is 5.36. The Bertz CT molecular complexity index is 921. The molecule has 2 aromatic rings. The van der Waals surface area contributed by atoms with Gasteiger partial charge in [0.25, 0.3) is 0 Å². The van der Waals surface area contributed by atoms with Crippen molar-refractivity contribution in [3.63, 3.8) is 0 Å². The SMILES string of the molecule is Cc1cc2c(c(Cl)c1O)C1(CC2(C)C)CC(C)(C)c2cc(C)c(O)c(Cl)c21. The van der Waals surface area contributed by atoms with E-state index in [1.54, 1.807) is 0 Å². The molecule has 0 fully saturated rings. The van der Waals surface area contributed by atoms with E-state index in [9.17, 15) is 10.2 Å². The number of halogens is 2. The Morgan fingerprint density at radius 1 is 0.741 bits per heavy atom. The van der Waals surface area contributed by atoms with Crippen LogP contribution in [0.4, 0.5) is 0 Å². The van der Waals surface area contributed by atoms with E-state index in [2.05, 4.69) is 39.8 Å². The number of hydrogen-bond donors (Lipinski definition) is 2. The first kappa shape index (κ1) is 19.0. The van der Waals surface area contributed by atoms with Crippen molar-refractivity contribution in [1.29, 1.82) is 0 Å². The molecular weight excluding hydrogens is 379 g/mol. The summed E-state index contributed by atoms with van der Waals surface area (Å²) in [5.41, 5.74) is 5.24. The first-order chi connectivity index (χ1) is 12.3. The van der Waals surface area contributed by atoms with Crippen molar-refractivity contribution >= 4 is 23.2 Å². The average molecular weight is 405 g/mol. The van der Waals surface area contributed by atoms with E-state index in [0.717, 1.165) is 35.1 Å². The van der Waals surface area contributed by atoms with E-state index in [1.165, 1.54) is 11.1 Å². The van der Waals surface area contributed by atoms with Crippen molar-refractivity contribution in [3.05, 3.63) is 55.6 Å². The van der Waals surface area contributed by atoms with Gasteiger partial charge in [-0.25, -0.2) is 0 Å². The lowest BCUT2D eigenvalue weighted by Crippen LogP contribution is -2.27. The molecule has 0 amide bonds. The van der Waals surface area contributed by atoms with Crippen LogP contribution in [0, 0.1) is 13.8 Å². The van der Waals surface area contributed by atoms with Crippen LogP contribution < -0.4 is 0 Å². The minimum Gasteiger partial charge on any atom is -0.506 e. The van der Waals surface area contributed by atoms with Gasteiger partial charge in [-0.2, -0.15) is 0 Å². The highest BCUT2D eigenvalue weighted by atomic mass is 35.5. The number of phenols is 2. The summed E-state index contributed by atoms with van der Waals surface area (Å²) >= 11 is 13.5. The molecule has 0 unspecified atom stereocenters. The molecule has 0 saturated carbocycles. The van der Waals surface area contributed by atoms with Gasteiger partial charge in [0.1, 0.15) is 11.5 Å². The van der Waals surface area contributed by atoms with E-state index in [1.807, 2.05) is 13.8 Å². The number of aryl methyl sites for hydroxylation is 2. The third-order valence-corrected chi connectivity index (χ3v) is 7.50. The number of hydrogen-bond acceptors (Lipinski definition) is 2. The van der Waals surface area contributed by atoms with Gasteiger partial charge in [0.05, 0.1) is 10.0 Å². The number of rotatable bonds is 0. The highest BCUT2D eigenvalue weighted by Gasteiger charge is 2.58. The molecule has 2 aromatic carbocycles. The smallest absolute Gasteiger partial charge is 0.137 e. The van der Waals surface area contributed by atoms with Crippen LogP contribution in [0.15, 0.2) is 12.1 Å². The molecule has 0 bridgehead atoms. The second-order valence-electron chi connectivity index (χ2n) is 9.76. The summed E-state index contributed by atoms with van der Waals surface area (Å²) in [5.74, 6) is 0.289. The molecule has 144 valence electrons.